The molecule has 1 saturated carbocycles. The number of nitrogens with zero attached hydrogens (tertiary/aromatic N) is 1. The van der Waals surface area contributed by atoms with E-state index in [-0.39, 0.29) is 16.8 Å². The van der Waals surface area contributed by atoms with Gasteiger partial charge in [-0.2, -0.15) is 4.31 Å². The number of sulfonamides is 1. The molecule has 7 nitrogen and oxygen atoms in total. The van der Waals surface area contributed by atoms with Gasteiger partial charge < -0.3 is 10.4 Å². The van der Waals surface area contributed by atoms with Crippen molar-refractivity contribution in [2.75, 3.05) is 13.1 Å². The zero-order valence-electron chi connectivity index (χ0n) is 15.3. The van der Waals surface area contributed by atoms with Gasteiger partial charge in [-0.05, 0) is 37.5 Å². The maximum absolute atomic E-state index is 12.5. The van der Waals surface area contributed by atoms with E-state index >= 15 is 0 Å². The molecule has 3 atom stereocenters. The van der Waals surface area contributed by atoms with Gasteiger partial charge in [0.05, 0.1) is 22.8 Å². The largest absolute Gasteiger partial charge is 0.481 e. The summed E-state index contributed by atoms with van der Waals surface area (Å²) in [5, 5.41) is 11.9. The Labute approximate surface area is 154 Å². The fourth-order valence-electron chi connectivity index (χ4n) is 3.15. The van der Waals surface area contributed by atoms with Crippen LogP contribution in [0.2, 0.25) is 0 Å². The molecule has 1 aromatic rings. The van der Waals surface area contributed by atoms with Crippen LogP contribution in [0.5, 0.6) is 0 Å². The van der Waals surface area contributed by atoms with Gasteiger partial charge in [0.2, 0.25) is 15.9 Å². The highest BCUT2D eigenvalue weighted by molar-refractivity contribution is 7.89. The number of nitrogens with one attached hydrogen (secondary N) is 1. The quantitative estimate of drug-likeness (QED) is 0.716. The van der Waals surface area contributed by atoms with Crippen molar-refractivity contribution in [2.24, 2.45) is 11.8 Å². The summed E-state index contributed by atoms with van der Waals surface area (Å²) < 4.78 is 26.4. The van der Waals surface area contributed by atoms with E-state index in [1.807, 2.05) is 0 Å². The third-order valence-electron chi connectivity index (χ3n) is 5.01. The monoisotopic (exact) mass is 382 g/mol. The minimum atomic E-state index is -3.51. The van der Waals surface area contributed by atoms with Crippen LogP contribution in [0.4, 0.5) is 0 Å². The lowest BCUT2D eigenvalue weighted by molar-refractivity contribution is -0.152. The molecule has 8 heteroatoms. The second-order valence-corrected chi connectivity index (χ2v) is 8.46. The van der Waals surface area contributed by atoms with Gasteiger partial charge in [-0.1, -0.05) is 26.0 Å². The summed E-state index contributed by atoms with van der Waals surface area (Å²) in [6.45, 7) is 6.17. The number of carboxylic acid groups (broad SMARTS) is 1. The molecular formula is C18H26N2O5S. The second kappa shape index (κ2) is 8.18. The SMILES string of the molecule is CCN(CC)S(=O)(=O)c1ccc(C(C)NC(=O)C2CCC2C(=O)O)cc1. The number of hydrogen-bond acceptors (Lipinski definition) is 4. The maximum Gasteiger partial charge on any atom is 0.307 e. The van der Waals surface area contributed by atoms with Gasteiger partial charge in [0, 0.05) is 13.1 Å². The molecule has 0 radical (unpaired) electrons. The predicted molar refractivity (Wildman–Crippen MR) is 97.0 cm³/mol. The highest BCUT2D eigenvalue weighted by Crippen LogP contribution is 2.35. The lowest BCUT2D eigenvalue weighted by Crippen LogP contribution is -2.44. The van der Waals surface area contributed by atoms with Gasteiger partial charge in [-0.25, -0.2) is 8.42 Å². The lowest BCUT2D eigenvalue weighted by Gasteiger charge is -2.33. The van der Waals surface area contributed by atoms with E-state index in [0.717, 1.165) is 5.56 Å². The first-order valence-electron chi connectivity index (χ1n) is 8.85. The molecule has 26 heavy (non-hydrogen) atoms. The zero-order valence-corrected chi connectivity index (χ0v) is 16.1. The summed E-state index contributed by atoms with van der Waals surface area (Å²) in [6, 6.07) is 6.10. The molecule has 1 aromatic carbocycles. The fourth-order valence-corrected chi connectivity index (χ4v) is 4.61. The van der Waals surface area contributed by atoms with Gasteiger partial charge in [-0.3, -0.25) is 9.59 Å². The first-order chi connectivity index (χ1) is 12.2. The average molecular weight is 382 g/mol. The Kier molecular flexibility index (Phi) is 6.41. The van der Waals surface area contributed by atoms with E-state index in [2.05, 4.69) is 5.32 Å². The van der Waals surface area contributed by atoms with Crippen LogP contribution < -0.4 is 5.32 Å². The summed E-state index contributed by atoms with van der Waals surface area (Å²) in [5.74, 6) is -2.30. The van der Waals surface area contributed by atoms with Crippen LogP contribution in [0.25, 0.3) is 0 Å². The Balaban J connectivity index is 2.06. The van der Waals surface area contributed by atoms with Gasteiger partial charge in [0.1, 0.15) is 0 Å². The minimum absolute atomic E-state index is 0.216. The summed E-state index contributed by atoms with van der Waals surface area (Å²) in [6.07, 6.45) is 1.11. The Morgan fingerprint density at radius 1 is 1.15 bits per heavy atom. The van der Waals surface area contributed by atoms with Crippen LogP contribution in [-0.4, -0.2) is 42.8 Å². The molecule has 1 amide bonds. The number of benzene rings is 1. The number of aliphatic carboxylic acids is 1. The van der Waals surface area contributed by atoms with Crippen molar-refractivity contribution in [1.29, 1.82) is 0 Å². The summed E-state index contributed by atoms with van der Waals surface area (Å²) in [5.41, 5.74) is 0.767. The molecule has 1 aliphatic carbocycles. The van der Waals surface area contributed by atoms with Crippen molar-refractivity contribution >= 4 is 21.9 Å². The molecule has 1 fully saturated rings. The third kappa shape index (κ3) is 4.07. The number of carbonyl (C=O) groups is 2. The van der Waals surface area contributed by atoms with Crippen molar-refractivity contribution in [3.8, 4) is 0 Å². The minimum Gasteiger partial charge on any atom is -0.481 e. The maximum atomic E-state index is 12.5. The number of carbonyl (C=O) groups excluding carboxylic acids is 1. The van der Waals surface area contributed by atoms with E-state index in [1.165, 1.54) is 16.4 Å². The number of hydrogen-bond donors (Lipinski definition) is 2. The van der Waals surface area contributed by atoms with Crippen molar-refractivity contribution in [3.05, 3.63) is 29.8 Å². The van der Waals surface area contributed by atoms with Crippen LogP contribution in [0, 0.1) is 11.8 Å². The molecule has 0 heterocycles. The van der Waals surface area contributed by atoms with Gasteiger partial charge in [0.15, 0.2) is 0 Å². The molecule has 0 aliphatic heterocycles. The fraction of sp³-hybridized carbons (Fsp3) is 0.556. The first kappa shape index (κ1) is 20.4. The van der Waals surface area contributed by atoms with Crippen LogP contribution >= 0.6 is 0 Å². The molecule has 0 spiro atoms. The molecule has 1 aliphatic rings. The van der Waals surface area contributed by atoms with Crippen LogP contribution in [0.1, 0.15) is 45.2 Å². The molecule has 144 valence electrons. The van der Waals surface area contributed by atoms with Crippen LogP contribution in [-0.2, 0) is 19.6 Å². The van der Waals surface area contributed by atoms with E-state index in [1.54, 1.807) is 32.9 Å². The van der Waals surface area contributed by atoms with E-state index in [4.69, 9.17) is 5.11 Å². The summed E-state index contributed by atoms with van der Waals surface area (Å²) in [7, 11) is -3.51. The molecule has 0 bridgehead atoms. The standard InChI is InChI=1S/C18H26N2O5S/c1-4-20(5-2)26(24,25)14-8-6-13(7-9-14)12(3)19-17(21)15-10-11-16(15)18(22)23/h6-9,12,15-16H,4-5,10-11H2,1-3H3,(H,19,21)(H,22,23). The van der Waals surface area contributed by atoms with Gasteiger partial charge >= 0.3 is 5.97 Å². The molecule has 2 rings (SSSR count). The van der Waals surface area contributed by atoms with E-state index in [9.17, 15) is 18.0 Å². The average Bonchev–Trinajstić information content (AvgIpc) is 2.54. The Morgan fingerprint density at radius 2 is 1.69 bits per heavy atom. The summed E-state index contributed by atoms with van der Waals surface area (Å²) in [4.78, 5) is 23.5. The predicted octanol–water partition coefficient (Wildman–Crippen LogP) is 2.01. The molecular weight excluding hydrogens is 356 g/mol. The first-order valence-corrected chi connectivity index (χ1v) is 10.3. The number of amides is 1. The number of carboxylic acids is 1. The van der Waals surface area contributed by atoms with Crippen molar-refractivity contribution in [2.45, 2.75) is 44.6 Å². The normalized spacial score (nSPS) is 21.1. The molecule has 0 aromatic heterocycles. The van der Waals surface area contributed by atoms with E-state index in [0.29, 0.717) is 25.9 Å². The Morgan fingerprint density at radius 3 is 2.12 bits per heavy atom. The highest BCUT2D eigenvalue weighted by atomic mass is 32.2. The molecule has 2 N–H and O–H groups in total. The zero-order chi connectivity index (χ0) is 19.5. The van der Waals surface area contributed by atoms with Gasteiger partial charge in [0.25, 0.3) is 0 Å². The Bertz CT molecular complexity index is 756. The van der Waals surface area contributed by atoms with Crippen molar-refractivity contribution < 1.29 is 23.1 Å². The van der Waals surface area contributed by atoms with E-state index < -0.39 is 27.8 Å². The van der Waals surface area contributed by atoms with Crippen LogP contribution in [0.15, 0.2) is 29.2 Å². The highest BCUT2D eigenvalue weighted by Gasteiger charge is 2.41. The molecule has 0 saturated heterocycles. The molecule has 3 unspecified atom stereocenters. The van der Waals surface area contributed by atoms with Crippen molar-refractivity contribution in [1.82, 2.24) is 9.62 Å². The number of rotatable bonds is 8. The topological polar surface area (TPSA) is 104 Å². The summed E-state index contributed by atoms with van der Waals surface area (Å²) >= 11 is 0. The third-order valence-corrected chi connectivity index (χ3v) is 7.07. The van der Waals surface area contributed by atoms with Gasteiger partial charge in [-0.15, -0.1) is 0 Å². The lowest BCUT2D eigenvalue weighted by atomic mass is 9.73. The van der Waals surface area contributed by atoms with Crippen LogP contribution in [0.3, 0.4) is 0 Å². The van der Waals surface area contributed by atoms with Crippen molar-refractivity contribution in [3.63, 3.8) is 0 Å². The smallest absolute Gasteiger partial charge is 0.307 e. The Hall–Kier alpha value is -1.93. The second-order valence-electron chi connectivity index (χ2n) is 6.52.